The van der Waals surface area contributed by atoms with Crippen molar-refractivity contribution in [2.75, 3.05) is 7.11 Å². The molecule has 0 bridgehead atoms. The van der Waals surface area contributed by atoms with Crippen molar-refractivity contribution in [1.82, 2.24) is 10.6 Å². The quantitative estimate of drug-likeness (QED) is 0.275. The van der Waals surface area contributed by atoms with Gasteiger partial charge in [0.2, 0.25) is 11.8 Å². The smallest absolute Gasteiger partial charge is 0.328 e. The maximum atomic E-state index is 13.5. The van der Waals surface area contributed by atoms with E-state index in [1.54, 1.807) is 0 Å². The molecule has 0 spiro atoms. The lowest BCUT2D eigenvalue weighted by Gasteiger charge is -2.37. The van der Waals surface area contributed by atoms with Gasteiger partial charge in [0.1, 0.15) is 11.6 Å². The van der Waals surface area contributed by atoms with Crippen LogP contribution < -0.4 is 16.4 Å². The lowest BCUT2D eigenvalue weighted by molar-refractivity contribution is -0.145. The lowest BCUT2D eigenvalue weighted by Crippen LogP contribution is -2.53. The Hall–Kier alpha value is -3.97. The maximum absolute atomic E-state index is 13.5. The molecule has 7 nitrogen and oxygen atoms in total. The molecule has 3 rings (SSSR count). The van der Waals surface area contributed by atoms with E-state index in [1.165, 1.54) is 7.11 Å². The molecule has 0 fully saturated rings. The van der Waals surface area contributed by atoms with Gasteiger partial charge in [-0.2, -0.15) is 0 Å². The number of nitrogens with two attached hydrogens (primary N) is 1. The number of hydrogen-bond acceptors (Lipinski definition) is 5. The van der Waals surface area contributed by atoms with Gasteiger partial charge in [-0.1, -0.05) is 105 Å². The van der Waals surface area contributed by atoms with Crippen LogP contribution in [0.2, 0.25) is 0 Å². The minimum absolute atomic E-state index is 0.146. The molecule has 7 heteroatoms. The Bertz CT molecular complexity index is 1070. The van der Waals surface area contributed by atoms with Crippen LogP contribution in [0, 0.1) is 5.92 Å². The van der Waals surface area contributed by atoms with Gasteiger partial charge < -0.3 is 21.1 Å². The highest BCUT2D eigenvalue weighted by atomic mass is 16.5. The number of esters is 1. The van der Waals surface area contributed by atoms with Crippen LogP contribution in [0.1, 0.15) is 43.4 Å². The van der Waals surface area contributed by atoms with Gasteiger partial charge in [0.15, 0.2) is 0 Å². The van der Waals surface area contributed by atoms with E-state index in [4.69, 9.17) is 10.5 Å². The highest BCUT2D eigenvalue weighted by Crippen LogP contribution is 2.36. The van der Waals surface area contributed by atoms with Crippen LogP contribution in [0.5, 0.6) is 0 Å². The fraction of sp³-hybridized carbons (Fsp3) is 0.300. The molecule has 0 radical (unpaired) electrons. The van der Waals surface area contributed by atoms with Crippen LogP contribution in [0.3, 0.4) is 0 Å². The van der Waals surface area contributed by atoms with Crippen molar-refractivity contribution in [3.05, 3.63) is 108 Å². The number of rotatable bonds is 11. The van der Waals surface area contributed by atoms with Crippen LogP contribution in [0.15, 0.2) is 91.0 Å². The van der Waals surface area contributed by atoms with Gasteiger partial charge in [-0.15, -0.1) is 0 Å². The summed E-state index contributed by atoms with van der Waals surface area (Å²) in [6, 6.07) is 27.0. The van der Waals surface area contributed by atoms with Crippen LogP contribution in [0.25, 0.3) is 0 Å². The van der Waals surface area contributed by atoms with E-state index in [-0.39, 0.29) is 12.3 Å². The van der Waals surface area contributed by atoms with E-state index in [9.17, 15) is 14.4 Å². The van der Waals surface area contributed by atoms with Crippen molar-refractivity contribution in [2.45, 2.75) is 44.3 Å². The van der Waals surface area contributed by atoms with Gasteiger partial charge >= 0.3 is 5.97 Å². The van der Waals surface area contributed by atoms with Gasteiger partial charge in [0.05, 0.1) is 19.6 Å². The van der Waals surface area contributed by atoms with Crippen molar-refractivity contribution >= 4 is 17.8 Å². The molecule has 0 aromatic heterocycles. The molecule has 0 saturated heterocycles. The third-order valence-corrected chi connectivity index (χ3v) is 6.20. The Morgan fingerprint density at radius 1 is 0.811 bits per heavy atom. The van der Waals surface area contributed by atoms with Crippen LogP contribution in [-0.2, 0) is 24.7 Å². The number of carbonyl (C=O) groups excluding carboxylic acids is 3. The Balaban J connectivity index is 1.90. The highest BCUT2D eigenvalue weighted by molar-refractivity contribution is 5.91. The fourth-order valence-electron chi connectivity index (χ4n) is 4.44. The number of benzene rings is 3. The molecule has 0 aliphatic heterocycles. The van der Waals surface area contributed by atoms with Crippen LogP contribution in [-0.4, -0.2) is 37.0 Å². The predicted octanol–water partition coefficient (Wildman–Crippen LogP) is 3.52. The number of amides is 2. The summed E-state index contributed by atoms with van der Waals surface area (Å²) in [6.45, 7) is 3.87. The first-order chi connectivity index (χ1) is 17.8. The molecule has 0 unspecified atom stereocenters. The number of methoxy groups -OCH3 is 1. The van der Waals surface area contributed by atoms with E-state index in [1.807, 2.05) is 105 Å². The monoisotopic (exact) mass is 501 g/mol. The average molecular weight is 502 g/mol. The zero-order chi connectivity index (χ0) is 26.8. The molecular formula is C30H35N3O4. The molecule has 0 saturated carbocycles. The molecule has 0 aliphatic carbocycles. The zero-order valence-corrected chi connectivity index (χ0v) is 21.5. The van der Waals surface area contributed by atoms with Crippen LogP contribution >= 0.6 is 0 Å². The summed E-state index contributed by atoms with van der Waals surface area (Å²) in [6.07, 6.45) is 0.131. The zero-order valence-electron chi connectivity index (χ0n) is 21.5. The third kappa shape index (κ3) is 6.83. The Morgan fingerprint density at radius 2 is 1.24 bits per heavy atom. The topological polar surface area (TPSA) is 111 Å². The van der Waals surface area contributed by atoms with E-state index in [0.717, 1.165) is 16.7 Å². The molecule has 37 heavy (non-hydrogen) atoms. The van der Waals surface area contributed by atoms with E-state index >= 15 is 0 Å². The molecule has 0 heterocycles. The van der Waals surface area contributed by atoms with E-state index in [2.05, 4.69) is 10.6 Å². The Morgan fingerprint density at radius 3 is 1.62 bits per heavy atom. The summed E-state index contributed by atoms with van der Waals surface area (Å²) < 4.78 is 4.81. The number of nitrogens with one attached hydrogen (secondary N) is 2. The second-order valence-electron chi connectivity index (χ2n) is 9.42. The third-order valence-electron chi connectivity index (χ3n) is 6.20. The normalized spacial score (nSPS) is 12.9. The Labute approximate surface area is 218 Å². The second kappa shape index (κ2) is 12.8. The first kappa shape index (κ1) is 27.6. The molecule has 2 atom stereocenters. The minimum Gasteiger partial charge on any atom is -0.467 e. The predicted molar refractivity (Wildman–Crippen MR) is 143 cm³/mol. The molecule has 194 valence electrons. The number of hydrogen-bond donors (Lipinski definition) is 3. The highest BCUT2D eigenvalue weighted by Gasteiger charge is 2.38. The van der Waals surface area contributed by atoms with Gasteiger partial charge in [-0.25, -0.2) is 4.79 Å². The average Bonchev–Trinajstić information content (AvgIpc) is 2.92. The van der Waals surface area contributed by atoms with Crippen molar-refractivity contribution in [1.29, 1.82) is 0 Å². The van der Waals surface area contributed by atoms with Crippen LogP contribution in [0.4, 0.5) is 0 Å². The molecule has 0 aliphatic rings. The first-order valence-corrected chi connectivity index (χ1v) is 12.4. The van der Waals surface area contributed by atoms with Gasteiger partial charge in [0.25, 0.3) is 0 Å². The Kier molecular flexibility index (Phi) is 9.57. The van der Waals surface area contributed by atoms with Crippen molar-refractivity contribution in [3.8, 4) is 0 Å². The van der Waals surface area contributed by atoms with E-state index < -0.39 is 35.4 Å². The first-order valence-electron chi connectivity index (χ1n) is 12.4. The van der Waals surface area contributed by atoms with Gasteiger partial charge in [-0.05, 0) is 29.0 Å². The van der Waals surface area contributed by atoms with Crippen molar-refractivity contribution < 1.29 is 19.1 Å². The second-order valence-corrected chi connectivity index (χ2v) is 9.42. The standard InChI is InChI=1S/C30H35N3O4/c1-21(2)19-26(29(36)37-3)32-28(35)25(31)20-27(34)33-30(22-13-7-4-8-14-22,23-15-9-5-10-16-23)24-17-11-6-12-18-24/h4-18,21,25-26H,19-20,31H2,1-3H3,(H,32,35)(H,33,34)/t25-,26-/m1/s1. The molecule has 3 aromatic rings. The molecule has 2 amide bonds. The molecule has 3 aromatic carbocycles. The summed E-state index contributed by atoms with van der Waals surface area (Å²) in [7, 11) is 1.27. The summed E-state index contributed by atoms with van der Waals surface area (Å²) >= 11 is 0. The molecule has 4 N–H and O–H groups in total. The van der Waals surface area contributed by atoms with Crippen molar-refractivity contribution in [3.63, 3.8) is 0 Å². The number of carbonyl (C=O) groups is 3. The summed E-state index contributed by atoms with van der Waals surface area (Å²) in [4.78, 5) is 38.5. The van der Waals surface area contributed by atoms with Gasteiger partial charge in [0, 0.05) is 0 Å². The summed E-state index contributed by atoms with van der Waals surface area (Å²) in [5.41, 5.74) is 7.73. The van der Waals surface area contributed by atoms with Gasteiger partial charge in [-0.3, -0.25) is 9.59 Å². The van der Waals surface area contributed by atoms with E-state index in [0.29, 0.717) is 6.42 Å². The van der Waals surface area contributed by atoms with Crippen molar-refractivity contribution in [2.24, 2.45) is 11.7 Å². The summed E-state index contributed by atoms with van der Waals surface area (Å²) in [5, 5.41) is 5.84. The number of ether oxygens (including phenoxy) is 1. The minimum atomic E-state index is -1.15. The fourth-order valence-corrected chi connectivity index (χ4v) is 4.44. The SMILES string of the molecule is COC(=O)[C@@H](CC(C)C)NC(=O)[C@H](N)CC(=O)NC(c1ccccc1)(c1ccccc1)c1ccccc1. The molecular weight excluding hydrogens is 466 g/mol. The lowest BCUT2D eigenvalue weighted by atomic mass is 9.77. The largest absolute Gasteiger partial charge is 0.467 e. The summed E-state index contributed by atoms with van der Waals surface area (Å²) in [5.74, 6) is -1.39. The maximum Gasteiger partial charge on any atom is 0.328 e.